The predicted octanol–water partition coefficient (Wildman–Crippen LogP) is 3.26. The highest BCUT2D eigenvalue weighted by Gasteiger charge is 2.49. The Hall–Kier alpha value is -2.68. The highest BCUT2D eigenvalue weighted by Crippen LogP contribution is 2.37. The molecule has 0 aromatic rings. The summed E-state index contributed by atoms with van der Waals surface area (Å²) in [5, 5.41) is 12.2. The van der Waals surface area contributed by atoms with Gasteiger partial charge in [0, 0.05) is 17.4 Å². The number of ether oxygens (including phenoxy) is 4. The van der Waals surface area contributed by atoms with E-state index in [1.165, 1.54) is 7.11 Å². The molecule has 9 heteroatoms. The zero-order valence-corrected chi connectivity index (χ0v) is 18.3. The van der Waals surface area contributed by atoms with Crippen LogP contribution in [0.5, 0.6) is 0 Å². The molecule has 0 saturated heterocycles. The van der Waals surface area contributed by atoms with E-state index in [0.717, 1.165) is 31.8 Å². The van der Waals surface area contributed by atoms with E-state index in [2.05, 4.69) is 0 Å². The van der Waals surface area contributed by atoms with Gasteiger partial charge in [0.1, 0.15) is 5.76 Å². The Kier molecular flexibility index (Phi) is 9.23. The number of allylic oxidation sites excluding steroid dienone is 1. The van der Waals surface area contributed by atoms with Gasteiger partial charge >= 0.3 is 11.9 Å². The summed E-state index contributed by atoms with van der Waals surface area (Å²) in [6, 6.07) is -1.32. The standard InChI is InChI=1S/C22H31NO8/c1-4-29-20(24)15-16(21(25)30-5-2)14-19(23(26)27)22(31-18-8-6-7-9-18)12-10-17(28-3)11-13-22/h10-12,15,18-19H,4-9,13-14H2,1-3H3/b16-15-. The van der Waals surface area contributed by atoms with Crippen LogP contribution in [-0.2, 0) is 28.5 Å². The highest BCUT2D eigenvalue weighted by molar-refractivity contribution is 5.96. The van der Waals surface area contributed by atoms with Crippen LogP contribution >= 0.6 is 0 Å². The molecule has 0 bridgehead atoms. The number of esters is 2. The number of carbonyl (C=O) groups excluding carboxylic acids is 2. The number of hydrogen-bond acceptors (Lipinski definition) is 8. The Labute approximate surface area is 182 Å². The Balaban J connectivity index is 2.39. The summed E-state index contributed by atoms with van der Waals surface area (Å²) in [6.07, 6.45) is 9.43. The number of nitro groups is 1. The van der Waals surface area contributed by atoms with Crippen LogP contribution in [0.25, 0.3) is 0 Å². The van der Waals surface area contributed by atoms with Crippen LogP contribution < -0.4 is 0 Å². The van der Waals surface area contributed by atoms with Gasteiger partial charge in [0.2, 0.25) is 6.04 Å². The maximum absolute atomic E-state index is 12.5. The fourth-order valence-corrected chi connectivity index (χ4v) is 3.89. The number of rotatable bonds is 11. The van der Waals surface area contributed by atoms with Crippen LogP contribution in [0.2, 0.25) is 0 Å². The molecule has 0 amide bonds. The third kappa shape index (κ3) is 6.65. The maximum Gasteiger partial charge on any atom is 0.334 e. The number of carbonyl (C=O) groups is 2. The summed E-state index contributed by atoms with van der Waals surface area (Å²) < 4.78 is 21.5. The SMILES string of the molecule is CCOC(=O)/C=C(/CC([N+](=O)[O-])C1(OC2CCCC2)C=CC(OC)=CC1)C(=O)OCC. The molecule has 0 aromatic carbocycles. The molecule has 2 rings (SSSR count). The van der Waals surface area contributed by atoms with Crippen molar-refractivity contribution in [1.29, 1.82) is 0 Å². The van der Waals surface area contributed by atoms with Gasteiger partial charge < -0.3 is 18.9 Å². The quantitative estimate of drug-likeness (QED) is 0.209. The van der Waals surface area contributed by atoms with Crippen LogP contribution in [0.4, 0.5) is 0 Å². The molecule has 31 heavy (non-hydrogen) atoms. The van der Waals surface area contributed by atoms with Crippen molar-refractivity contribution < 1.29 is 33.5 Å². The van der Waals surface area contributed by atoms with Crippen LogP contribution in [0.3, 0.4) is 0 Å². The molecule has 0 aromatic heterocycles. The predicted molar refractivity (Wildman–Crippen MR) is 112 cm³/mol. The minimum Gasteiger partial charge on any atom is -0.497 e. The van der Waals surface area contributed by atoms with Crippen LogP contribution in [0, 0.1) is 10.1 Å². The van der Waals surface area contributed by atoms with E-state index in [1.807, 2.05) is 0 Å². The zero-order chi connectivity index (χ0) is 22.9. The Morgan fingerprint density at radius 3 is 2.45 bits per heavy atom. The summed E-state index contributed by atoms with van der Waals surface area (Å²) in [5.74, 6) is -0.953. The molecule has 0 radical (unpaired) electrons. The van der Waals surface area contributed by atoms with Gasteiger partial charge in [0.25, 0.3) is 0 Å². The lowest BCUT2D eigenvalue weighted by Gasteiger charge is -2.36. The molecule has 0 N–H and O–H groups in total. The van der Waals surface area contributed by atoms with Gasteiger partial charge in [-0.05, 0) is 44.9 Å². The van der Waals surface area contributed by atoms with Crippen molar-refractivity contribution in [2.45, 2.75) is 70.1 Å². The third-order valence-electron chi connectivity index (χ3n) is 5.42. The van der Waals surface area contributed by atoms with E-state index in [-0.39, 0.29) is 37.7 Å². The van der Waals surface area contributed by atoms with Crippen molar-refractivity contribution in [2.75, 3.05) is 20.3 Å². The van der Waals surface area contributed by atoms with Gasteiger partial charge in [-0.25, -0.2) is 9.59 Å². The monoisotopic (exact) mass is 437 g/mol. The van der Waals surface area contributed by atoms with E-state index in [4.69, 9.17) is 18.9 Å². The molecule has 172 valence electrons. The summed E-state index contributed by atoms with van der Waals surface area (Å²) in [5.41, 5.74) is -1.40. The average Bonchev–Trinajstić information content (AvgIpc) is 3.24. The molecule has 0 spiro atoms. The van der Waals surface area contributed by atoms with Gasteiger partial charge in [-0.2, -0.15) is 0 Å². The van der Waals surface area contributed by atoms with Crippen molar-refractivity contribution in [3.63, 3.8) is 0 Å². The second-order valence-corrected chi connectivity index (χ2v) is 7.47. The molecule has 2 unspecified atom stereocenters. The fourth-order valence-electron chi connectivity index (χ4n) is 3.89. The summed E-state index contributed by atoms with van der Waals surface area (Å²) in [7, 11) is 1.52. The largest absolute Gasteiger partial charge is 0.497 e. The molecule has 1 fully saturated rings. The molecule has 2 aliphatic rings. The number of nitrogens with zero attached hydrogens (tertiary/aromatic N) is 1. The van der Waals surface area contributed by atoms with E-state index < -0.39 is 28.5 Å². The van der Waals surface area contributed by atoms with Gasteiger partial charge in [-0.1, -0.05) is 12.8 Å². The first-order chi connectivity index (χ1) is 14.8. The Morgan fingerprint density at radius 2 is 1.94 bits per heavy atom. The minimum absolute atomic E-state index is 0.0751. The minimum atomic E-state index is -1.32. The van der Waals surface area contributed by atoms with Gasteiger partial charge in [-0.3, -0.25) is 10.1 Å². The number of methoxy groups -OCH3 is 1. The summed E-state index contributed by atoms with van der Waals surface area (Å²) >= 11 is 0. The Morgan fingerprint density at radius 1 is 1.26 bits per heavy atom. The van der Waals surface area contributed by atoms with Crippen molar-refractivity contribution in [3.8, 4) is 0 Å². The van der Waals surface area contributed by atoms with Crippen molar-refractivity contribution in [3.05, 3.63) is 45.8 Å². The van der Waals surface area contributed by atoms with Crippen molar-refractivity contribution in [2.24, 2.45) is 0 Å². The molecular weight excluding hydrogens is 406 g/mol. The van der Waals surface area contributed by atoms with Crippen LogP contribution in [0.15, 0.2) is 35.6 Å². The topological polar surface area (TPSA) is 114 Å². The average molecular weight is 437 g/mol. The molecule has 2 atom stereocenters. The van der Waals surface area contributed by atoms with Crippen molar-refractivity contribution in [1.82, 2.24) is 0 Å². The lowest BCUT2D eigenvalue weighted by molar-refractivity contribution is -0.544. The molecular formula is C22H31NO8. The lowest BCUT2D eigenvalue weighted by atomic mass is 9.83. The molecule has 2 aliphatic carbocycles. The van der Waals surface area contributed by atoms with E-state index in [1.54, 1.807) is 32.1 Å². The van der Waals surface area contributed by atoms with E-state index in [0.29, 0.717) is 5.76 Å². The normalized spacial score (nSPS) is 22.5. The highest BCUT2D eigenvalue weighted by atomic mass is 16.6. The molecule has 0 heterocycles. The molecule has 9 nitrogen and oxygen atoms in total. The smallest absolute Gasteiger partial charge is 0.334 e. The summed E-state index contributed by atoms with van der Waals surface area (Å²) in [6.45, 7) is 3.45. The van der Waals surface area contributed by atoms with Crippen LogP contribution in [0.1, 0.15) is 52.4 Å². The first-order valence-corrected chi connectivity index (χ1v) is 10.6. The van der Waals surface area contributed by atoms with E-state index in [9.17, 15) is 19.7 Å². The zero-order valence-electron chi connectivity index (χ0n) is 18.3. The first kappa shape index (κ1) is 24.6. The molecule has 1 saturated carbocycles. The van der Waals surface area contributed by atoms with Gasteiger partial charge in [-0.15, -0.1) is 0 Å². The van der Waals surface area contributed by atoms with E-state index >= 15 is 0 Å². The second-order valence-electron chi connectivity index (χ2n) is 7.47. The maximum atomic E-state index is 12.5. The summed E-state index contributed by atoms with van der Waals surface area (Å²) in [4.78, 5) is 36.2. The fraction of sp³-hybridized carbons (Fsp3) is 0.636. The molecule has 0 aliphatic heterocycles. The van der Waals surface area contributed by atoms with Crippen molar-refractivity contribution >= 4 is 11.9 Å². The third-order valence-corrected chi connectivity index (χ3v) is 5.42. The van der Waals surface area contributed by atoms with Gasteiger partial charge in [0.15, 0.2) is 5.60 Å². The number of hydrogen-bond donors (Lipinski definition) is 0. The second kappa shape index (κ2) is 11.6. The Bertz CT molecular complexity index is 751. The van der Waals surface area contributed by atoms with Gasteiger partial charge in [0.05, 0.1) is 38.4 Å². The lowest BCUT2D eigenvalue weighted by Crippen LogP contribution is -2.50. The first-order valence-electron chi connectivity index (χ1n) is 10.6. The van der Waals surface area contributed by atoms with Crippen LogP contribution in [-0.4, -0.2) is 54.9 Å².